The maximum Gasteiger partial charge on any atom is 0.265 e. The molecule has 2 aromatic carbocycles. The van der Waals surface area contributed by atoms with Crippen LogP contribution >= 0.6 is 0 Å². The second kappa shape index (κ2) is 13.1. The van der Waals surface area contributed by atoms with E-state index in [1.54, 1.807) is 19.1 Å². The van der Waals surface area contributed by atoms with Crippen molar-refractivity contribution in [3.63, 3.8) is 0 Å². The molecule has 0 saturated carbocycles. The van der Waals surface area contributed by atoms with Crippen LogP contribution in [0, 0.1) is 0 Å². The molecule has 3 N–H and O–H groups in total. The Kier molecular flexibility index (Phi) is 10.7. The zero-order valence-electron chi connectivity index (χ0n) is 24.2. The summed E-state index contributed by atoms with van der Waals surface area (Å²) in [6.45, 7) is 16.6. The molecular formula is C31H45FN2O4. The number of ether oxygens (including phenoxy) is 1. The normalized spacial score (nSPS) is 13.5. The van der Waals surface area contributed by atoms with Crippen LogP contribution in [-0.2, 0) is 20.4 Å². The van der Waals surface area contributed by atoms with Gasteiger partial charge in [0.05, 0.1) is 12.1 Å². The Bertz CT molecular complexity index is 1110. The van der Waals surface area contributed by atoms with Gasteiger partial charge in [-0.3, -0.25) is 9.59 Å². The molecule has 0 bridgehead atoms. The summed E-state index contributed by atoms with van der Waals surface area (Å²) in [5, 5.41) is 15.7. The number of anilines is 2. The number of rotatable bonds is 13. The fourth-order valence-electron chi connectivity index (χ4n) is 3.98. The molecule has 2 amide bonds. The molecule has 7 heteroatoms. The van der Waals surface area contributed by atoms with Gasteiger partial charge in [0.1, 0.15) is 23.4 Å². The predicted octanol–water partition coefficient (Wildman–Crippen LogP) is 7.64. The van der Waals surface area contributed by atoms with Gasteiger partial charge in [-0.1, -0.05) is 73.6 Å². The van der Waals surface area contributed by atoms with Crippen LogP contribution in [0.15, 0.2) is 36.4 Å². The fraction of sp³-hybridized carbons (Fsp3) is 0.548. The Morgan fingerprint density at radius 3 is 2.18 bits per heavy atom. The van der Waals surface area contributed by atoms with Crippen LogP contribution in [0.4, 0.5) is 15.8 Å². The van der Waals surface area contributed by atoms with Gasteiger partial charge in [0.2, 0.25) is 5.91 Å². The van der Waals surface area contributed by atoms with Gasteiger partial charge in [-0.05, 0) is 60.3 Å². The van der Waals surface area contributed by atoms with E-state index >= 15 is 0 Å². The van der Waals surface area contributed by atoms with Crippen molar-refractivity contribution in [1.82, 2.24) is 0 Å². The molecule has 0 saturated heterocycles. The Morgan fingerprint density at radius 1 is 0.947 bits per heavy atom. The summed E-state index contributed by atoms with van der Waals surface area (Å²) in [4.78, 5) is 25.6. The van der Waals surface area contributed by atoms with Gasteiger partial charge in [0.25, 0.3) is 5.91 Å². The van der Waals surface area contributed by atoms with Crippen LogP contribution in [0.1, 0.15) is 98.6 Å². The second-order valence-electron chi connectivity index (χ2n) is 11.1. The summed E-state index contributed by atoms with van der Waals surface area (Å²) in [7, 11) is 0. The van der Waals surface area contributed by atoms with Crippen molar-refractivity contribution in [2.24, 2.45) is 0 Å². The number of carbonyl (C=O) groups is 2. The lowest BCUT2D eigenvalue weighted by Gasteiger charge is -2.31. The van der Waals surface area contributed by atoms with Crippen molar-refractivity contribution >= 4 is 23.2 Å². The first-order chi connectivity index (χ1) is 17.8. The number of carbonyl (C=O) groups excluding carboxylic acids is 2. The SMILES string of the molecule is CCC(F)CC(=O)Nc1c(O)cccc1NC(=O)C(CC)Oc1ccc(C(C)(C)CC)cc1C(C)(C)CC. The first-order valence-corrected chi connectivity index (χ1v) is 13.7. The van der Waals surface area contributed by atoms with E-state index in [0.29, 0.717) is 12.2 Å². The maximum atomic E-state index is 13.7. The topological polar surface area (TPSA) is 87.7 Å². The zero-order chi connectivity index (χ0) is 28.7. The zero-order valence-corrected chi connectivity index (χ0v) is 24.2. The molecule has 6 nitrogen and oxygen atoms in total. The average Bonchev–Trinajstić information content (AvgIpc) is 2.88. The molecule has 0 aliphatic heterocycles. The molecule has 0 aliphatic rings. The largest absolute Gasteiger partial charge is 0.506 e. The molecule has 0 aliphatic carbocycles. The molecule has 2 rings (SSSR count). The third-order valence-corrected chi connectivity index (χ3v) is 7.60. The van der Waals surface area contributed by atoms with Crippen LogP contribution in [0.5, 0.6) is 11.5 Å². The molecule has 0 radical (unpaired) electrons. The Hall–Kier alpha value is -3.09. The number of aromatic hydroxyl groups is 1. The van der Waals surface area contributed by atoms with Crippen molar-refractivity contribution in [3.05, 3.63) is 47.5 Å². The monoisotopic (exact) mass is 528 g/mol. The Labute approximate surface area is 227 Å². The number of para-hydroxylation sites is 1. The molecule has 2 atom stereocenters. The van der Waals surface area contributed by atoms with Gasteiger partial charge in [0.15, 0.2) is 6.10 Å². The van der Waals surface area contributed by atoms with Crippen molar-refractivity contribution < 1.29 is 23.8 Å². The van der Waals surface area contributed by atoms with Crippen LogP contribution in [0.3, 0.4) is 0 Å². The highest BCUT2D eigenvalue weighted by atomic mass is 19.1. The number of amides is 2. The summed E-state index contributed by atoms with van der Waals surface area (Å²) in [5.74, 6) is -0.560. The van der Waals surface area contributed by atoms with E-state index in [9.17, 15) is 19.1 Å². The molecule has 0 spiro atoms. The Balaban J connectivity index is 2.34. The Morgan fingerprint density at radius 2 is 1.61 bits per heavy atom. The van der Waals surface area contributed by atoms with Gasteiger partial charge in [0, 0.05) is 5.56 Å². The van der Waals surface area contributed by atoms with Crippen LogP contribution < -0.4 is 15.4 Å². The lowest BCUT2D eigenvalue weighted by molar-refractivity contribution is -0.123. The average molecular weight is 529 g/mol. The third kappa shape index (κ3) is 7.71. The third-order valence-electron chi connectivity index (χ3n) is 7.60. The van der Waals surface area contributed by atoms with E-state index in [0.717, 1.165) is 18.4 Å². The first kappa shape index (κ1) is 31.1. The lowest BCUT2D eigenvalue weighted by atomic mass is 9.76. The van der Waals surface area contributed by atoms with Crippen LogP contribution in [-0.4, -0.2) is 29.2 Å². The summed E-state index contributed by atoms with van der Waals surface area (Å²) >= 11 is 0. The van der Waals surface area contributed by atoms with E-state index < -0.39 is 24.1 Å². The summed E-state index contributed by atoms with van der Waals surface area (Å²) < 4.78 is 20.0. The molecule has 2 unspecified atom stereocenters. The number of alkyl halides is 1. The molecule has 0 fully saturated rings. The van der Waals surface area contributed by atoms with E-state index in [4.69, 9.17) is 4.74 Å². The smallest absolute Gasteiger partial charge is 0.265 e. The van der Waals surface area contributed by atoms with E-state index in [-0.39, 0.29) is 40.8 Å². The number of nitrogens with one attached hydrogen (secondary N) is 2. The van der Waals surface area contributed by atoms with Gasteiger partial charge in [-0.25, -0.2) is 4.39 Å². The van der Waals surface area contributed by atoms with E-state index in [1.165, 1.54) is 11.6 Å². The number of benzene rings is 2. The molecule has 2 aromatic rings. The van der Waals surface area contributed by atoms with Gasteiger partial charge < -0.3 is 20.5 Å². The van der Waals surface area contributed by atoms with Gasteiger partial charge in [-0.2, -0.15) is 0 Å². The van der Waals surface area contributed by atoms with Crippen LogP contribution in [0.25, 0.3) is 0 Å². The van der Waals surface area contributed by atoms with Crippen molar-refractivity contribution in [2.75, 3.05) is 10.6 Å². The lowest BCUT2D eigenvalue weighted by Crippen LogP contribution is -2.34. The van der Waals surface area contributed by atoms with Gasteiger partial charge >= 0.3 is 0 Å². The first-order valence-electron chi connectivity index (χ1n) is 13.7. The highest BCUT2D eigenvalue weighted by Gasteiger charge is 2.29. The highest BCUT2D eigenvalue weighted by molar-refractivity contribution is 6.02. The molecular weight excluding hydrogens is 483 g/mol. The second-order valence-corrected chi connectivity index (χ2v) is 11.1. The minimum absolute atomic E-state index is 0.00801. The summed E-state index contributed by atoms with van der Waals surface area (Å²) in [5.41, 5.74) is 2.36. The summed E-state index contributed by atoms with van der Waals surface area (Å²) in [6, 6.07) is 10.7. The van der Waals surface area contributed by atoms with E-state index in [2.05, 4.69) is 64.3 Å². The fourth-order valence-corrected chi connectivity index (χ4v) is 3.98. The molecule has 0 aromatic heterocycles. The molecule has 38 heavy (non-hydrogen) atoms. The van der Waals surface area contributed by atoms with E-state index in [1.807, 2.05) is 13.0 Å². The molecule has 210 valence electrons. The minimum atomic E-state index is -1.28. The number of hydrogen-bond donors (Lipinski definition) is 3. The standard InChI is InChI=1S/C31H45FN2O4/c1-9-21(32)19-27(36)34-28-23(14-13-15-24(28)35)33-29(37)25(10-2)38-26-17-16-20(30(5,6)11-3)18-22(26)31(7,8)12-4/h13-18,21,25,35H,9-12,19H2,1-8H3,(H,33,37)(H,34,36). The van der Waals surface area contributed by atoms with Crippen molar-refractivity contribution in [1.29, 1.82) is 0 Å². The number of hydrogen-bond acceptors (Lipinski definition) is 4. The highest BCUT2D eigenvalue weighted by Crippen LogP contribution is 2.39. The minimum Gasteiger partial charge on any atom is -0.506 e. The number of phenols is 1. The molecule has 0 heterocycles. The summed E-state index contributed by atoms with van der Waals surface area (Å²) in [6.07, 6.45) is 0.0699. The van der Waals surface area contributed by atoms with Crippen LogP contribution in [0.2, 0.25) is 0 Å². The predicted molar refractivity (Wildman–Crippen MR) is 153 cm³/mol. The van der Waals surface area contributed by atoms with Gasteiger partial charge in [-0.15, -0.1) is 0 Å². The quantitative estimate of drug-likeness (QED) is 0.233. The maximum absolute atomic E-state index is 13.7. The number of phenolic OH excluding ortho intramolecular Hbond substituents is 1. The van der Waals surface area contributed by atoms with Crippen molar-refractivity contribution in [3.8, 4) is 11.5 Å². The van der Waals surface area contributed by atoms with Crippen molar-refractivity contribution in [2.45, 2.75) is 111 Å². The number of halogens is 1.